The summed E-state index contributed by atoms with van der Waals surface area (Å²) in [5.41, 5.74) is 3.91. The molecule has 0 spiro atoms. The molecule has 0 saturated carbocycles. The van der Waals surface area contributed by atoms with Crippen molar-refractivity contribution < 1.29 is 14.4 Å². The fourth-order valence-electron chi connectivity index (χ4n) is 5.47. The quantitative estimate of drug-likeness (QED) is 0.216. The van der Waals surface area contributed by atoms with E-state index in [-0.39, 0.29) is 29.9 Å². The van der Waals surface area contributed by atoms with E-state index in [1.165, 1.54) is 25.3 Å². The van der Waals surface area contributed by atoms with E-state index in [4.69, 9.17) is 4.98 Å². The number of hydrogen-bond acceptors (Lipinski definition) is 6. The Morgan fingerprint density at radius 2 is 1.78 bits per heavy atom. The Labute approximate surface area is 248 Å². The van der Waals surface area contributed by atoms with Crippen molar-refractivity contribution in [3.63, 3.8) is 0 Å². The molecule has 1 aromatic heterocycles. The van der Waals surface area contributed by atoms with Gasteiger partial charge in [-0.05, 0) is 74.9 Å². The van der Waals surface area contributed by atoms with Crippen molar-refractivity contribution in [1.29, 1.82) is 0 Å². The van der Waals surface area contributed by atoms with Gasteiger partial charge in [-0.25, -0.2) is 4.98 Å². The van der Waals surface area contributed by atoms with Crippen LogP contribution in [0.2, 0.25) is 0 Å². The number of fused-ring (bicyclic) bond motifs is 1. The number of aromatic nitrogens is 1. The van der Waals surface area contributed by atoms with Gasteiger partial charge in [-0.2, -0.15) is 0 Å². The first kappa shape index (κ1) is 30.8. The number of thiazole rings is 1. The van der Waals surface area contributed by atoms with Crippen LogP contribution in [0.3, 0.4) is 0 Å². The molecular weight excluding hydrogens is 530 g/mol. The summed E-state index contributed by atoms with van der Waals surface area (Å²) in [7, 11) is 0. The van der Waals surface area contributed by atoms with E-state index < -0.39 is 5.92 Å². The fraction of sp³-hybridized carbons (Fsp3) is 0.471. The van der Waals surface area contributed by atoms with E-state index in [9.17, 15) is 14.4 Å². The van der Waals surface area contributed by atoms with Gasteiger partial charge in [0.25, 0.3) is 0 Å². The molecule has 2 aromatic carbocycles. The lowest BCUT2D eigenvalue weighted by molar-refractivity contribution is -0.129. The van der Waals surface area contributed by atoms with Crippen LogP contribution in [0.5, 0.6) is 0 Å². The molecule has 6 nitrogen and oxygen atoms in total. The van der Waals surface area contributed by atoms with E-state index in [1.807, 2.05) is 36.4 Å². The molecule has 4 rings (SSSR count). The second kappa shape index (κ2) is 14.6. The number of nitrogens with zero attached hydrogens (tertiary/aromatic N) is 2. The number of carbonyl (C=O) groups is 3. The van der Waals surface area contributed by atoms with Crippen LogP contribution in [0.15, 0.2) is 60.7 Å². The molecular formula is C34H43N3O3S. The zero-order valence-electron chi connectivity index (χ0n) is 24.7. The third-order valence-corrected chi connectivity index (χ3v) is 8.89. The SMILES string of the molecule is C=C(CN1CCCC1)C(=O)CC[C@H](Cc1ccccc1)NC(=O)[C@@H](CC(C)=O)Cc1nc2ccc(C(C)C)cc2s1. The monoisotopic (exact) mass is 573 g/mol. The van der Waals surface area contributed by atoms with Crippen LogP contribution < -0.4 is 5.32 Å². The summed E-state index contributed by atoms with van der Waals surface area (Å²) < 4.78 is 1.10. The topological polar surface area (TPSA) is 79.4 Å². The predicted octanol–water partition coefficient (Wildman–Crippen LogP) is 6.29. The number of Topliss-reactive ketones (excluding diaryl/α,β-unsaturated/α-hetero) is 2. The molecule has 218 valence electrons. The maximum atomic E-state index is 13.7. The Balaban J connectivity index is 1.45. The molecule has 3 aromatic rings. The minimum atomic E-state index is -0.517. The zero-order chi connectivity index (χ0) is 29.4. The number of benzene rings is 2. The summed E-state index contributed by atoms with van der Waals surface area (Å²) in [4.78, 5) is 45.9. The summed E-state index contributed by atoms with van der Waals surface area (Å²) in [6, 6.07) is 16.1. The molecule has 0 unspecified atom stereocenters. The van der Waals surface area contributed by atoms with Crippen LogP contribution in [-0.4, -0.2) is 53.0 Å². The normalized spacial score (nSPS) is 15.2. The highest BCUT2D eigenvalue weighted by Gasteiger charge is 2.26. The van der Waals surface area contributed by atoms with Gasteiger partial charge in [0.1, 0.15) is 5.78 Å². The molecule has 1 aliphatic heterocycles. The Kier molecular flexibility index (Phi) is 11.0. The highest BCUT2D eigenvalue weighted by Crippen LogP contribution is 2.28. The Morgan fingerprint density at radius 1 is 1.05 bits per heavy atom. The average Bonchev–Trinajstić information content (AvgIpc) is 3.60. The predicted molar refractivity (Wildman–Crippen MR) is 167 cm³/mol. The average molecular weight is 574 g/mol. The molecule has 2 atom stereocenters. The van der Waals surface area contributed by atoms with Crippen LogP contribution in [0.25, 0.3) is 10.2 Å². The van der Waals surface area contributed by atoms with Gasteiger partial charge < -0.3 is 10.1 Å². The summed E-state index contributed by atoms with van der Waals surface area (Å²) in [5, 5.41) is 4.07. The fourth-order valence-corrected chi connectivity index (χ4v) is 6.57. The van der Waals surface area contributed by atoms with Crippen molar-refractivity contribution in [2.24, 2.45) is 5.92 Å². The number of ketones is 2. The van der Waals surface area contributed by atoms with Crippen molar-refractivity contribution in [3.8, 4) is 0 Å². The standard InChI is InChI=1S/C34H43N3O3S/c1-23(2)27-12-14-30-32(20-27)41-33(36-30)21-28(18-25(4)38)34(40)35-29(19-26-10-6-5-7-11-26)13-15-31(39)24(3)22-37-16-8-9-17-37/h5-7,10-12,14,20,23,28-29H,3,8-9,13,15-19,21-22H2,1-2,4H3,(H,35,40)/t28-,29+/m0/s1. The van der Waals surface area contributed by atoms with E-state index >= 15 is 0 Å². The van der Waals surface area contributed by atoms with Crippen molar-refractivity contribution in [2.45, 2.75) is 77.7 Å². The first-order valence-corrected chi connectivity index (χ1v) is 15.7. The van der Waals surface area contributed by atoms with Crippen LogP contribution >= 0.6 is 11.3 Å². The van der Waals surface area contributed by atoms with Crippen LogP contribution in [-0.2, 0) is 27.2 Å². The van der Waals surface area contributed by atoms with Gasteiger partial charge in [-0.1, -0.05) is 56.8 Å². The number of likely N-dealkylation sites (tertiary alicyclic amines) is 1. The zero-order valence-corrected chi connectivity index (χ0v) is 25.5. The van der Waals surface area contributed by atoms with Crippen molar-refractivity contribution in [3.05, 3.63) is 76.8 Å². The van der Waals surface area contributed by atoms with E-state index in [2.05, 4.69) is 42.8 Å². The third kappa shape index (κ3) is 9.17. The number of amides is 1. The van der Waals surface area contributed by atoms with Gasteiger partial charge in [-0.15, -0.1) is 11.3 Å². The van der Waals surface area contributed by atoms with E-state index in [1.54, 1.807) is 11.3 Å². The van der Waals surface area contributed by atoms with Gasteiger partial charge >= 0.3 is 0 Å². The van der Waals surface area contributed by atoms with Crippen LogP contribution in [0, 0.1) is 5.92 Å². The maximum Gasteiger partial charge on any atom is 0.224 e. The molecule has 0 radical (unpaired) electrons. The number of nitrogens with one attached hydrogen (secondary N) is 1. The second-order valence-electron chi connectivity index (χ2n) is 11.7. The molecule has 1 saturated heterocycles. The molecule has 41 heavy (non-hydrogen) atoms. The van der Waals surface area contributed by atoms with Crippen LogP contribution in [0.4, 0.5) is 0 Å². The van der Waals surface area contributed by atoms with Gasteiger partial charge in [0.2, 0.25) is 5.91 Å². The third-order valence-electron chi connectivity index (χ3n) is 7.85. The summed E-state index contributed by atoms with van der Waals surface area (Å²) >= 11 is 1.59. The minimum absolute atomic E-state index is 0.0265. The van der Waals surface area contributed by atoms with Crippen molar-refractivity contribution in [1.82, 2.24) is 15.2 Å². The van der Waals surface area contributed by atoms with Crippen molar-refractivity contribution >= 4 is 39.0 Å². The maximum absolute atomic E-state index is 13.7. The number of rotatable bonds is 15. The second-order valence-corrected chi connectivity index (χ2v) is 12.9. The van der Waals surface area contributed by atoms with Gasteiger partial charge in [0.15, 0.2) is 5.78 Å². The number of hydrogen-bond donors (Lipinski definition) is 1. The van der Waals surface area contributed by atoms with E-state index in [0.717, 1.165) is 33.9 Å². The molecule has 0 bridgehead atoms. The van der Waals surface area contributed by atoms with Gasteiger partial charge in [-0.3, -0.25) is 14.5 Å². The van der Waals surface area contributed by atoms with Gasteiger partial charge in [0, 0.05) is 37.4 Å². The summed E-state index contributed by atoms with van der Waals surface area (Å²) in [6.45, 7) is 12.6. The number of carbonyl (C=O) groups excluding carboxylic acids is 3. The lowest BCUT2D eigenvalue weighted by Gasteiger charge is -2.23. The Bertz CT molecular complexity index is 1360. The lowest BCUT2D eigenvalue weighted by atomic mass is 9.95. The molecule has 1 aliphatic rings. The van der Waals surface area contributed by atoms with Crippen molar-refractivity contribution in [2.75, 3.05) is 19.6 Å². The molecule has 7 heteroatoms. The molecule has 1 amide bonds. The summed E-state index contributed by atoms with van der Waals surface area (Å²) in [5.74, 6) is -0.226. The Morgan fingerprint density at radius 3 is 2.46 bits per heavy atom. The highest BCUT2D eigenvalue weighted by molar-refractivity contribution is 7.18. The highest BCUT2D eigenvalue weighted by atomic mass is 32.1. The van der Waals surface area contributed by atoms with Crippen LogP contribution in [0.1, 0.15) is 74.9 Å². The first-order chi connectivity index (χ1) is 19.7. The molecule has 2 heterocycles. The smallest absolute Gasteiger partial charge is 0.224 e. The summed E-state index contributed by atoms with van der Waals surface area (Å²) in [6.07, 6.45) is 4.37. The minimum Gasteiger partial charge on any atom is -0.353 e. The molecule has 0 aliphatic carbocycles. The van der Waals surface area contributed by atoms with E-state index in [0.29, 0.717) is 43.7 Å². The molecule has 1 fully saturated rings. The molecule has 1 N–H and O–H groups in total. The lowest BCUT2D eigenvalue weighted by Crippen LogP contribution is -2.41. The van der Waals surface area contributed by atoms with Gasteiger partial charge in [0.05, 0.1) is 21.1 Å². The first-order valence-electron chi connectivity index (χ1n) is 14.8. The largest absolute Gasteiger partial charge is 0.353 e. The Hall–Kier alpha value is -3.16.